The molecule has 2 N–H and O–H groups in total. The second kappa shape index (κ2) is 7.84. The molecule has 1 fully saturated rings. The minimum atomic E-state index is -4.95. The number of halogens is 7. The molecule has 1 aromatic heterocycles. The van der Waals surface area contributed by atoms with Crippen LogP contribution in [0.15, 0.2) is 18.2 Å². The summed E-state index contributed by atoms with van der Waals surface area (Å²) in [4.78, 5) is 12.6. The zero-order valence-corrected chi connectivity index (χ0v) is 17.2. The highest BCUT2D eigenvalue weighted by molar-refractivity contribution is 5.91. The Labute approximate surface area is 183 Å². The highest BCUT2D eigenvalue weighted by Crippen LogP contribution is 2.68. The third-order valence-electron chi connectivity index (χ3n) is 5.99. The molecule has 0 bridgehead atoms. The molecular weight excluding hydrogens is 457 g/mol. The highest BCUT2D eigenvalue weighted by atomic mass is 19.4. The number of benzene rings is 1. The number of carbonyl (C=O) groups is 1. The van der Waals surface area contributed by atoms with Crippen LogP contribution in [0.25, 0.3) is 0 Å². The molecule has 1 heterocycles. The van der Waals surface area contributed by atoms with Crippen molar-refractivity contribution in [3.8, 4) is 0 Å². The first-order chi connectivity index (χ1) is 15.3. The van der Waals surface area contributed by atoms with Gasteiger partial charge in [-0.25, -0.2) is 8.78 Å². The number of hydrogen-bond acceptors (Lipinski definition) is 3. The SMILES string of the molecule is CCC(=N)[C@H](Cc1cc(F)cc(F)c1)NC(=O)Cn1nc(C(F)(F)F)c2c1C(F)(F)[C@@H]1CC21. The summed E-state index contributed by atoms with van der Waals surface area (Å²) in [6, 6.07) is 1.66. The van der Waals surface area contributed by atoms with Gasteiger partial charge in [0.1, 0.15) is 23.9 Å². The second-order valence-corrected chi connectivity index (χ2v) is 8.32. The first-order valence-corrected chi connectivity index (χ1v) is 10.2. The van der Waals surface area contributed by atoms with Gasteiger partial charge in [0.15, 0.2) is 5.69 Å². The minimum Gasteiger partial charge on any atom is -0.346 e. The number of hydrogen-bond donors (Lipinski definition) is 2. The lowest BCUT2D eigenvalue weighted by Crippen LogP contribution is -2.43. The molecule has 0 radical (unpaired) electrons. The second-order valence-electron chi connectivity index (χ2n) is 8.32. The normalized spacial score (nSPS) is 21.3. The molecule has 1 unspecified atom stereocenters. The fourth-order valence-corrected chi connectivity index (χ4v) is 4.44. The molecule has 33 heavy (non-hydrogen) atoms. The summed E-state index contributed by atoms with van der Waals surface area (Å²) < 4.78 is 96.8. The van der Waals surface area contributed by atoms with Crippen molar-refractivity contribution in [3.05, 3.63) is 52.3 Å². The number of carbonyl (C=O) groups excluding carboxylic acids is 1. The Balaban J connectivity index is 1.57. The predicted molar refractivity (Wildman–Crippen MR) is 102 cm³/mol. The van der Waals surface area contributed by atoms with Gasteiger partial charge in [0.2, 0.25) is 5.91 Å². The average molecular weight is 476 g/mol. The van der Waals surface area contributed by atoms with E-state index in [2.05, 4.69) is 10.4 Å². The van der Waals surface area contributed by atoms with Crippen molar-refractivity contribution >= 4 is 11.6 Å². The molecule has 0 spiro atoms. The van der Waals surface area contributed by atoms with Crippen LogP contribution in [0.2, 0.25) is 0 Å². The van der Waals surface area contributed by atoms with Crippen LogP contribution in [0.1, 0.15) is 48.2 Å². The molecule has 1 aromatic carbocycles. The lowest BCUT2D eigenvalue weighted by molar-refractivity contribution is -0.142. The van der Waals surface area contributed by atoms with E-state index in [9.17, 15) is 35.5 Å². The molecule has 5 nitrogen and oxygen atoms in total. The van der Waals surface area contributed by atoms with Crippen molar-refractivity contribution in [2.45, 2.75) is 56.8 Å². The molecule has 2 aliphatic carbocycles. The van der Waals surface area contributed by atoms with Gasteiger partial charge in [-0.1, -0.05) is 6.92 Å². The number of aromatic nitrogens is 2. The molecule has 1 amide bonds. The Hall–Kier alpha value is -2.92. The first-order valence-electron chi connectivity index (χ1n) is 10.2. The average Bonchev–Trinajstić information content (AvgIpc) is 3.34. The number of rotatable bonds is 7. The van der Waals surface area contributed by atoms with Gasteiger partial charge in [-0.3, -0.25) is 9.48 Å². The lowest BCUT2D eigenvalue weighted by atomic mass is 10.00. The zero-order valence-electron chi connectivity index (χ0n) is 17.2. The van der Waals surface area contributed by atoms with Crippen molar-refractivity contribution < 1.29 is 35.5 Å². The zero-order chi connectivity index (χ0) is 24.3. The maximum atomic E-state index is 14.6. The summed E-state index contributed by atoms with van der Waals surface area (Å²) in [7, 11) is 0. The molecule has 4 rings (SSSR count). The molecule has 1 saturated carbocycles. The van der Waals surface area contributed by atoms with Gasteiger partial charge < -0.3 is 10.7 Å². The van der Waals surface area contributed by atoms with Gasteiger partial charge >= 0.3 is 6.18 Å². The smallest absolute Gasteiger partial charge is 0.346 e. The van der Waals surface area contributed by atoms with Crippen LogP contribution in [0, 0.1) is 23.0 Å². The van der Waals surface area contributed by atoms with E-state index in [0.29, 0.717) is 10.7 Å². The van der Waals surface area contributed by atoms with E-state index in [1.54, 1.807) is 6.92 Å². The van der Waals surface area contributed by atoms with Gasteiger partial charge in [0, 0.05) is 23.3 Å². The number of alkyl halides is 5. The van der Waals surface area contributed by atoms with Crippen LogP contribution < -0.4 is 5.32 Å². The monoisotopic (exact) mass is 476 g/mol. The Kier molecular flexibility index (Phi) is 5.52. The molecule has 0 saturated heterocycles. The van der Waals surface area contributed by atoms with Gasteiger partial charge in [0.05, 0.1) is 6.04 Å². The van der Waals surface area contributed by atoms with Crippen molar-refractivity contribution in [1.29, 1.82) is 5.41 Å². The molecule has 2 aliphatic rings. The Morgan fingerprint density at radius 2 is 1.91 bits per heavy atom. The predicted octanol–water partition coefficient (Wildman–Crippen LogP) is 4.55. The summed E-state index contributed by atoms with van der Waals surface area (Å²) in [5, 5.41) is 13.7. The number of fused-ring (bicyclic) bond motifs is 3. The van der Waals surface area contributed by atoms with Gasteiger partial charge in [0.25, 0.3) is 5.92 Å². The number of nitrogens with zero attached hydrogens (tertiary/aromatic N) is 2. The summed E-state index contributed by atoms with van der Waals surface area (Å²) in [6.45, 7) is 0.689. The van der Waals surface area contributed by atoms with Crippen LogP contribution >= 0.6 is 0 Å². The van der Waals surface area contributed by atoms with Crippen molar-refractivity contribution in [3.63, 3.8) is 0 Å². The summed E-state index contributed by atoms with van der Waals surface area (Å²) in [5.74, 6) is -8.37. The van der Waals surface area contributed by atoms with E-state index in [4.69, 9.17) is 5.41 Å². The third kappa shape index (κ3) is 4.22. The fourth-order valence-electron chi connectivity index (χ4n) is 4.44. The first kappa shape index (κ1) is 23.2. The Morgan fingerprint density at radius 3 is 2.48 bits per heavy atom. The van der Waals surface area contributed by atoms with E-state index >= 15 is 0 Å². The van der Waals surface area contributed by atoms with Crippen LogP contribution in [0.4, 0.5) is 30.7 Å². The van der Waals surface area contributed by atoms with E-state index in [1.165, 1.54) is 0 Å². The maximum absolute atomic E-state index is 14.6. The van der Waals surface area contributed by atoms with Gasteiger partial charge in [-0.2, -0.15) is 27.1 Å². The molecule has 12 heteroatoms. The van der Waals surface area contributed by atoms with Crippen LogP contribution in [0.5, 0.6) is 0 Å². The van der Waals surface area contributed by atoms with E-state index in [0.717, 1.165) is 12.1 Å². The van der Waals surface area contributed by atoms with Crippen molar-refractivity contribution in [2.75, 3.05) is 0 Å². The summed E-state index contributed by atoms with van der Waals surface area (Å²) in [6.07, 6.45) is -5.02. The standard InChI is InChI=1S/C21H19F7N4O/c1-2-14(29)15(5-9-3-10(22)6-11(23)4-9)30-16(33)8-32-19-17(18(31-32)21(26,27)28)12-7-13(12)20(19,24)25/h3-4,6,12-13,15,29H,2,5,7-8H2,1H3,(H,30,33)/t12?,13-,15+/m1/s1. The number of nitrogens with one attached hydrogen (secondary N) is 2. The molecule has 2 aromatic rings. The molecule has 0 aliphatic heterocycles. The lowest BCUT2D eigenvalue weighted by Gasteiger charge is -2.21. The summed E-state index contributed by atoms with van der Waals surface area (Å²) >= 11 is 0. The number of amides is 1. The molecular formula is C21H19F7N4O. The highest BCUT2D eigenvalue weighted by Gasteiger charge is 2.68. The largest absolute Gasteiger partial charge is 0.435 e. The topological polar surface area (TPSA) is 70.8 Å². The Morgan fingerprint density at radius 1 is 1.27 bits per heavy atom. The Bertz CT molecular complexity index is 1100. The van der Waals surface area contributed by atoms with Crippen molar-refractivity contribution in [2.24, 2.45) is 5.92 Å². The maximum Gasteiger partial charge on any atom is 0.435 e. The third-order valence-corrected chi connectivity index (χ3v) is 5.99. The van der Waals surface area contributed by atoms with E-state index in [1.807, 2.05) is 0 Å². The van der Waals surface area contributed by atoms with Crippen molar-refractivity contribution in [1.82, 2.24) is 15.1 Å². The van der Waals surface area contributed by atoms with Gasteiger partial charge in [-0.05, 0) is 42.9 Å². The summed E-state index contributed by atoms with van der Waals surface area (Å²) in [5.41, 5.74) is -2.75. The van der Waals surface area contributed by atoms with Crippen LogP contribution in [0.3, 0.4) is 0 Å². The quantitative estimate of drug-likeness (QED) is 0.455. The molecule has 178 valence electrons. The fraction of sp³-hybridized carbons (Fsp3) is 0.476. The van der Waals surface area contributed by atoms with Crippen LogP contribution in [-0.4, -0.2) is 27.4 Å². The molecule has 3 atom stereocenters. The minimum absolute atomic E-state index is 0.0127. The van der Waals surface area contributed by atoms with E-state index < -0.39 is 71.0 Å². The van der Waals surface area contributed by atoms with Gasteiger partial charge in [-0.15, -0.1) is 0 Å². The van der Waals surface area contributed by atoms with Crippen LogP contribution in [-0.2, 0) is 29.9 Å². The van der Waals surface area contributed by atoms with E-state index in [-0.39, 0.29) is 30.5 Å².